The van der Waals surface area contributed by atoms with Gasteiger partial charge in [-0.15, -0.1) is 0 Å². The number of fused-ring (bicyclic) bond motifs is 1. The minimum absolute atomic E-state index is 0.0135. The molecule has 29 heavy (non-hydrogen) atoms. The Kier molecular flexibility index (Phi) is 4.96. The maximum atomic E-state index is 12.3. The van der Waals surface area contributed by atoms with Crippen molar-refractivity contribution in [2.45, 2.75) is 36.4 Å². The first-order valence-corrected chi connectivity index (χ1v) is 10.1. The fourth-order valence-corrected chi connectivity index (χ4v) is 4.00. The highest BCUT2D eigenvalue weighted by atomic mass is 32.2. The van der Waals surface area contributed by atoms with Gasteiger partial charge in [-0.05, 0) is 19.1 Å². The maximum Gasteiger partial charge on any atom is 0.297 e. The summed E-state index contributed by atoms with van der Waals surface area (Å²) < 4.78 is 36.8. The second-order valence-electron chi connectivity index (χ2n) is 6.68. The Morgan fingerprint density at radius 3 is 2.62 bits per heavy atom. The lowest BCUT2D eigenvalue weighted by Gasteiger charge is -2.16. The lowest BCUT2D eigenvalue weighted by atomic mass is 10.1. The van der Waals surface area contributed by atoms with Crippen LogP contribution in [0.1, 0.15) is 11.8 Å². The van der Waals surface area contributed by atoms with Crippen LogP contribution in [0.25, 0.3) is 11.2 Å². The highest BCUT2D eigenvalue weighted by Gasteiger charge is 2.45. The van der Waals surface area contributed by atoms with E-state index in [2.05, 4.69) is 15.0 Å². The van der Waals surface area contributed by atoms with Crippen LogP contribution in [0.15, 0.2) is 41.8 Å². The molecule has 3 heterocycles. The number of anilines is 1. The first-order valence-electron chi connectivity index (χ1n) is 8.68. The summed E-state index contributed by atoms with van der Waals surface area (Å²) >= 11 is 0. The van der Waals surface area contributed by atoms with Gasteiger partial charge >= 0.3 is 0 Å². The van der Waals surface area contributed by atoms with Gasteiger partial charge in [0.05, 0.1) is 17.8 Å². The number of aryl methyl sites for hydroxylation is 1. The van der Waals surface area contributed by atoms with Crippen LogP contribution in [0, 0.1) is 6.92 Å². The van der Waals surface area contributed by atoms with Crippen LogP contribution in [-0.2, 0) is 19.0 Å². The summed E-state index contributed by atoms with van der Waals surface area (Å²) in [6, 6.07) is 6.15. The fourth-order valence-electron chi connectivity index (χ4n) is 3.08. The Balaban J connectivity index is 1.51. The molecule has 1 saturated heterocycles. The molecule has 0 spiro atoms. The van der Waals surface area contributed by atoms with Gasteiger partial charge in [0.2, 0.25) is 0 Å². The third-order valence-electron chi connectivity index (χ3n) is 4.70. The molecule has 4 N–H and O–H groups in total. The highest BCUT2D eigenvalue weighted by Crippen LogP contribution is 2.32. The number of benzene rings is 1. The zero-order valence-corrected chi connectivity index (χ0v) is 16.1. The predicted molar refractivity (Wildman–Crippen MR) is 100.0 cm³/mol. The number of hydrogen-bond acceptors (Lipinski definition) is 10. The topological polar surface area (TPSA) is 163 Å². The van der Waals surface area contributed by atoms with E-state index in [1.54, 1.807) is 12.1 Å². The van der Waals surface area contributed by atoms with Crippen LogP contribution >= 0.6 is 0 Å². The molecule has 12 heteroatoms. The first-order chi connectivity index (χ1) is 13.8. The molecule has 4 atom stereocenters. The van der Waals surface area contributed by atoms with Crippen molar-refractivity contribution in [2.75, 3.05) is 12.3 Å². The van der Waals surface area contributed by atoms with Gasteiger partial charge in [0.1, 0.15) is 30.2 Å². The van der Waals surface area contributed by atoms with Crippen LogP contribution < -0.4 is 5.73 Å². The Labute approximate surface area is 165 Å². The van der Waals surface area contributed by atoms with Gasteiger partial charge in [-0.1, -0.05) is 17.7 Å². The average molecular weight is 421 g/mol. The van der Waals surface area contributed by atoms with Crippen molar-refractivity contribution in [1.82, 2.24) is 19.5 Å². The fraction of sp³-hybridized carbons (Fsp3) is 0.353. The number of imidazole rings is 1. The van der Waals surface area contributed by atoms with E-state index < -0.39 is 41.3 Å². The Hall–Kier alpha value is -2.64. The van der Waals surface area contributed by atoms with Gasteiger partial charge in [0, 0.05) is 0 Å². The second-order valence-corrected chi connectivity index (χ2v) is 8.30. The SMILES string of the molecule is Cc1ccc(S(=O)(=O)OC[C@H]2O[C@@H](n3cnc4c(N)ncnc43)[C@H](O)[C@H]2O)cc1. The van der Waals surface area contributed by atoms with Gasteiger partial charge < -0.3 is 20.7 Å². The average Bonchev–Trinajstić information content (AvgIpc) is 3.24. The zero-order chi connectivity index (χ0) is 20.8. The molecule has 0 saturated carbocycles. The normalized spacial score (nSPS) is 24.9. The Bertz CT molecular complexity index is 1130. The standard InChI is InChI=1S/C17H19N5O6S/c1-9-2-4-10(5-3-9)29(25,26)27-6-11-13(23)14(24)17(28-11)22-8-21-12-15(18)19-7-20-16(12)22/h2-5,7-8,11,13-14,17,23-24H,6H2,1H3,(H2,18,19,20)/t11-,13+,14-,17-/m1/s1. The molecule has 1 aliphatic rings. The summed E-state index contributed by atoms with van der Waals surface area (Å²) in [6.45, 7) is 1.36. The monoisotopic (exact) mass is 421 g/mol. The molecule has 1 fully saturated rings. The first kappa shape index (κ1) is 19.7. The molecule has 154 valence electrons. The summed E-state index contributed by atoms with van der Waals surface area (Å²) in [4.78, 5) is 12.0. The van der Waals surface area contributed by atoms with Gasteiger partial charge in [0.15, 0.2) is 17.7 Å². The van der Waals surface area contributed by atoms with Gasteiger partial charge in [-0.3, -0.25) is 8.75 Å². The third-order valence-corrected chi connectivity index (χ3v) is 5.99. The molecule has 0 aliphatic carbocycles. The number of nitrogens with two attached hydrogens (primary N) is 1. The minimum atomic E-state index is -4.05. The van der Waals surface area contributed by atoms with Gasteiger partial charge in [0.25, 0.3) is 10.1 Å². The zero-order valence-electron chi connectivity index (χ0n) is 15.3. The van der Waals surface area contributed by atoms with Crippen molar-refractivity contribution in [3.63, 3.8) is 0 Å². The number of hydrogen-bond donors (Lipinski definition) is 3. The lowest BCUT2D eigenvalue weighted by Crippen LogP contribution is -2.34. The van der Waals surface area contributed by atoms with Gasteiger partial charge in [-0.25, -0.2) is 15.0 Å². The number of ether oxygens (including phenoxy) is 1. The van der Waals surface area contributed by atoms with Crippen LogP contribution in [-0.4, -0.2) is 63.1 Å². The quantitative estimate of drug-likeness (QED) is 0.468. The van der Waals surface area contributed by atoms with Crippen LogP contribution in [0.5, 0.6) is 0 Å². The highest BCUT2D eigenvalue weighted by molar-refractivity contribution is 7.86. The molecular weight excluding hydrogens is 402 g/mol. The Morgan fingerprint density at radius 1 is 1.17 bits per heavy atom. The van der Waals surface area contributed by atoms with E-state index in [4.69, 9.17) is 14.7 Å². The van der Waals surface area contributed by atoms with Crippen molar-refractivity contribution in [2.24, 2.45) is 0 Å². The molecule has 4 rings (SSSR count). The Morgan fingerprint density at radius 2 is 1.90 bits per heavy atom. The number of rotatable bonds is 5. The van der Waals surface area contributed by atoms with Crippen molar-refractivity contribution < 1.29 is 27.6 Å². The van der Waals surface area contributed by atoms with Crippen LogP contribution in [0.4, 0.5) is 5.82 Å². The number of aliphatic hydroxyl groups is 2. The molecule has 1 aliphatic heterocycles. The summed E-state index contributed by atoms with van der Waals surface area (Å²) in [6.07, 6.45) is -2.30. The van der Waals surface area contributed by atoms with E-state index in [0.29, 0.717) is 11.2 Å². The van der Waals surface area contributed by atoms with E-state index in [1.165, 1.54) is 29.4 Å². The summed E-state index contributed by atoms with van der Waals surface area (Å²) in [7, 11) is -4.05. The predicted octanol–water partition coefficient (Wildman–Crippen LogP) is -0.258. The molecule has 0 amide bonds. The molecule has 0 bridgehead atoms. The summed E-state index contributed by atoms with van der Waals surface area (Å²) in [5.41, 5.74) is 7.28. The van der Waals surface area contributed by atoms with Crippen molar-refractivity contribution in [3.8, 4) is 0 Å². The van der Waals surface area contributed by atoms with Crippen molar-refractivity contribution in [3.05, 3.63) is 42.5 Å². The molecule has 3 aromatic rings. The number of aliphatic hydroxyl groups excluding tert-OH is 2. The third kappa shape index (κ3) is 3.56. The molecule has 1 aromatic carbocycles. The molecule has 11 nitrogen and oxygen atoms in total. The van der Waals surface area contributed by atoms with Crippen LogP contribution in [0.2, 0.25) is 0 Å². The number of nitrogen functional groups attached to an aromatic ring is 1. The summed E-state index contributed by atoms with van der Waals surface area (Å²) in [5, 5.41) is 20.7. The summed E-state index contributed by atoms with van der Waals surface area (Å²) in [5.74, 6) is 0.158. The van der Waals surface area contributed by atoms with E-state index >= 15 is 0 Å². The van der Waals surface area contributed by atoms with E-state index in [9.17, 15) is 18.6 Å². The van der Waals surface area contributed by atoms with Crippen molar-refractivity contribution in [1.29, 1.82) is 0 Å². The molecule has 2 aromatic heterocycles. The molecule has 0 unspecified atom stereocenters. The van der Waals surface area contributed by atoms with E-state index in [0.717, 1.165) is 5.56 Å². The van der Waals surface area contributed by atoms with Gasteiger partial charge in [-0.2, -0.15) is 8.42 Å². The smallest absolute Gasteiger partial charge is 0.297 e. The van der Waals surface area contributed by atoms with E-state index in [-0.39, 0.29) is 10.7 Å². The lowest BCUT2D eigenvalue weighted by molar-refractivity contribution is -0.0467. The number of nitrogens with zero attached hydrogens (tertiary/aromatic N) is 4. The van der Waals surface area contributed by atoms with Crippen molar-refractivity contribution >= 4 is 27.1 Å². The van der Waals surface area contributed by atoms with E-state index in [1.807, 2.05) is 6.92 Å². The van der Waals surface area contributed by atoms with Crippen LogP contribution in [0.3, 0.4) is 0 Å². The minimum Gasteiger partial charge on any atom is -0.387 e. The molecular formula is C17H19N5O6S. The largest absolute Gasteiger partial charge is 0.387 e. The maximum absolute atomic E-state index is 12.3. The molecule has 0 radical (unpaired) electrons. The second kappa shape index (κ2) is 7.31. The number of aromatic nitrogens is 4.